The molecule has 0 atom stereocenters. The zero-order valence-corrected chi connectivity index (χ0v) is 12.0. The van der Waals surface area contributed by atoms with Gasteiger partial charge in [0.15, 0.2) is 5.75 Å². The van der Waals surface area contributed by atoms with Crippen LogP contribution in [0.15, 0.2) is 34.1 Å². The fourth-order valence-corrected chi connectivity index (χ4v) is 2.92. The van der Waals surface area contributed by atoms with Crippen molar-refractivity contribution in [2.24, 2.45) is 0 Å². The first-order chi connectivity index (χ1) is 8.58. The Labute approximate surface area is 116 Å². The summed E-state index contributed by atoms with van der Waals surface area (Å²) in [7, 11) is 0. The van der Waals surface area contributed by atoms with Gasteiger partial charge in [0.1, 0.15) is 6.61 Å². The third kappa shape index (κ3) is 2.88. The molecule has 0 aliphatic heterocycles. The lowest BCUT2D eigenvalue weighted by Gasteiger charge is -2.06. The van der Waals surface area contributed by atoms with Crippen LogP contribution in [0, 0.1) is 17.0 Å². The highest BCUT2D eigenvalue weighted by Crippen LogP contribution is 2.31. The number of thiophene rings is 1. The van der Waals surface area contributed by atoms with Crippen LogP contribution in [0.4, 0.5) is 5.69 Å². The van der Waals surface area contributed by atoms with Crippen LogP contribution in [-0.2, 0) is 6.61 Å². The van der Waals surface area contributed by atoms with Gasteiger partial charge in [-0.05, 0) is 35.0 Å². The summed E-state index contributed by atoms with van der Waals surface area (Å²) < 4.78 is 6.52. The molecule has 2 rings (SSSR count). The van der Waals surface area contributed by atoms with Gasteiger partial charge >= 0.3 is 5.69 Å². The van der Waals surface area contributed by atoms with Crippen molar-refractivity contribution < 1.29 is 9.66 Å². The van der Waals surface area contributed by atoms with Gasteiger partial charge in [0.2, 0.25) is 0 Å². The van der Waals surface area contributed by atoms with E-state index in [0.717, 1.165) is 9.35 Å². The smallest absolute Gasteiger partial charge is 0.313 e. The molecule has 2 aromatic rings. The van der Waals surface area contributed by atoms with E-state index >= 15 is 0 Å². The highest BCUT2D eigenvalue weighted by Gasteiger charge is 2.18. The number of nitro benzene ring substituents is 1. The molecule has 0 aliphatic rings. The van der Waals surface area contributed by atoms with Gasteiger partial charge in [0.05, 0.1) is 4.92 Å². The van der Waals surface area contributed by atoms with Gasteiger partial charge in [-0.25, -0.2) is 0 Å². The second-order valence-electron chi connectivity index (χ2n) is 3.70. The third-order valence-electron chi connectivity index (χ3n) is 2.38. The fraction of sp³-hybridized carbons (Fsp3) is 0.167. The van der Waals surface area contributed by atoms with Crippen LogP contribution in [0.25, 0.3) is 0 Å². The molecule has 0 N–H and O–H groups in total. The van der Waals surface area contributed by atoms with Crippen LogP contribution < -0.4 is 4.74 Å². The van der Waals surface area contributed by atoms with Crippen LogP contribution in [-0.4, -0.2) is 4.92 Å². The minimum atomic E-state index is -0.408. The van der Waals surface area contributed by atoms with Crippen LogP contribution in [0.5, 0.6) is 5.75 Å². The zero-order chi connectivity index (χ0) is 13.1. The molecular formula is C12H10BrNO3S. The van der Waals surface area contributed by atoms with Crippen molar-refractivity contribution in [2.45, 2.75) is 13.5 Å². The van der Waals surface area contributed by atoms with E-state index in [4.69, 9.17) is 4.74 Å². The maximum absolute atomic E-state index is 11.0. The predicted molar refractivity (Wildman–Crippen MR) is 74.2 cm³/mol. The maximum atomic E-state index is 11.0. The molecule has 0 unspecified atom stereocenters. The molecule has 4 nitrogen and oxygen atoms in total. The molecule has 18 heavy (non-hydrogen) atoms. The third-order valence-corrected chi connectivity index (χ3v) is 4.05. The summed E-state index contributed by atoms with van der Waals surface area (Å²) in [5, 5.41) is 12.9. The second kappa shape index (κ2) is 5.49. The molecule has 0 bridgehead atoms. The van der Waals surface area contributed by atoms with Gasteiger partial charge in [-0.2, -0.15) is 0 Å². The molecule has 0 saturated carbocycles. The number of ether oxygens (including phenoxy) is 1. The molecular weight excluding hydrogens is 318 g/mol. The van der Waals surface area contributed by atoms with E-state index in [1.54, 1.807) is 36.5 Å². The summed E-state index contributed by atoms with van der Waals surface area (Å²) in [6, 6.07) is 7.01. The normalized spacial score (nSPS) is 10.3. The minimum absolute atomic E-state index is 0.0353. The molecule has 0 fully saturated rings. The number of aryl methyl sites for hydroxylation is 1. The topological polar surface area (TPSA) is 52.4 Å². The lowest BCUT2D eigenvalue weighted by atomic mass is 10.2. The SMILES string of the molecule is Cc1cccc(OCc2cc(Br)cs2)c1[N+](=O)[O-]. The Kier molecular flexibility index (Phi) is 3.98. The zero-order valence-electron chi connectivity index (χ0n) is 9.55. The Bertz CT molecular complexity index is 582. The molecule has 1 aromatic carbocycles. The molecule has 0 spiro atoms. The van der Waals surface area contributed by atoms with Gasteiger partial charge in [0, 0.05) is 20.3 Å². The minimum Gasteiger partial charge on any atom is -0.481 e. The van der Waals surface area contributed by atoms with E-state index < -0.39 is 4.92 Å². The van der Waals surface area contributed by atoms with Crippen LogP contribution >= 0.6 is 27.3 Å². The average molecular weight is 328 g/mol. The van der Waals surface area contributed by atoms with Gasteiger partial charge in [-0.15, -0.1) is 11.3 Å². The van der Waals surface area contributed by atoms with E-state index in [1.165, 1.54) is 0 Å². The van der Waals surface area contributed by atoms with E-state index in [0.29, 0.717) is 17.9 Å². The lowest BCUT2D eigenvalue weighted by molar-refractivity contribution is -0.386. The Morgan fingerprint density at radius 1 is 1.50 bits per heavy atom. The molecule has 6 heteroatoms. The van der Waals surface area contributed by atoms with Crippen molar-refractivity contribution in [2.75, 3.05) is 0 Å². The van der Waals surface area contributed by atoms with Gasteiger partial charge in [0.25, 0.3) is 0 Å². The second-order valence-corrected chi connectivity index (χ2v) is 5.61. The molecule has 1 heterocycles. The monoisotopic (exact) mass is 327 g/mol. The van der Waals surface area contributed by atoms with E-state index in [9.17, 15) is 10.1 Å². The predicted octanol–water partition coefficient (Wildman–Crippen LogP) is 4.31. The molecule has 0 radical (unpaired) electrons. The van der Waals surface area contributed by atoms with Crippen LogP contribution in [0.1, 0.15) is 10.4 Å². The number of nitrogens with zero attached hydrogens (tertiary/aromatic N) is 1. The lowest BCUT2D eigenvalue weighted by Crippen LogP contribution is -1.99. The standard InChI is InChI=1S/C12H10BrNO3S/c1-8-3-2-4-11(12(8)14(15)16)17-6-10-5-9(13)7-18-10/h2-5,7H,6H2,1H3. The summed E-state index contributed by atoms with van der Waals surface area (Å²) in [4.78, 5) is 11.6. The first kappa shape index (κ1) is 13.0. The Morgan fingerprint density at radius 3 is 2.89 bits per heavy atom. The largest absolute Gasteiger partial charge is 0.481 e. The summed E-state index contributed by atoms with van der Waals surface area (Å²) in [5.74, 6) is 0.310. The number of hydrogen-bond acceptors (Lipinski definition) is 4. The summed E-state index contributed by atoms with van der Waals surface area (Å²) in [6.45, 7) is 2.04. The average Bonchev–Trinajstić information content (AvgIpc) is 2.72. The molecule has 94 valence electrons. The van der Waals surface area contributed by atoms with Crippen molar-refractivity contribution in [3.63, 3.8) is 0 Å². The first-order valence-corrected chi connectivity index (χ1v) is 6.85. The number of rotatable bonds is 4. The van der Waals surface area contributed by atoms with Crippen molar-refractivity contribution >= 4 is 33.0 Å². The number of halogens is 1. The van der Waals surface area contributed by atoms with E-state index in [2.05, 4.69) is 15.9 Å². The fourth-order valence-electron chi connectivity index (χ4n) is 1.56. The van der Waals surface area contributed by atoms with E-state index in [-0.39, 0.29) is 5.69 Å². The number of nitro groups is 1. The summed E-state index contributed by atoms with van der Waals surface area (Å²) in [5.41, 5.74) is 0.637. The first-order valence-electron chi connectivity index (χ1n) is 5.17. The summed E-state index contributed by atoms with van der Waals surface area (Å²) in [6.07, 6.45) is 0. The molecule has 0 aliphatic carbocycles. The van der Waals surface area contributed by atoms with Crippen molar-refractivity contribution in [3.8, 4) is 5.75 Å². The highest BCUT2D eigenvalue weighted by atomic mass is 79.9. The Balaban J connectivity index is 2.19. The van der Waals surface area contributed by atoms with Gasteiger partial charge in [-0.3, -0.25) is 10.1 Å². The van der Waals surface area contributed by atoms with Crippen molar-refractivity contribution in [1.82, 2.24) is 0 Å². The van der Waals surface area contributed by atoms with Crippen LogP contribution in [0.3, 0.4) is 0 Å². The van der Waals surface area contributed by atoms with Crippen molar-refractivity contribution in [1.29, 1.82) is 0 Å². The Morgan fingerprint density at radius 2 is 2.28 bits per heavy atom. The van der Waals surface area contributed by atoms with Crippen molar-refractivity contribution in [3.05, 3.63) is 54.7 Å². The highest BCUT2D eigenvalue weighted by molar-refractivity contribution is 9.10. The Hall–Kier alpha value is -1.40. The van der Waals surface area contributed by atoms with Crippen LogP contribution in [0.2, 0.25) is 0 Å². The quantitative estimate of drug-likeness (QED) is 0.621. The molecule has 0 saturated heterocycles. The number of hydrogen-bond donors (Lipinski definition) is 0. The summed E-state index contributed by atoms with van der Waals surface area (Å²) >= 11 is 4.90. The van der Waals surface area contributed by atoms with Gasteiger partial charge < -0.3 is 4.74 Å². The molecule has 0 amide bonds. The van der Waals surface area contributed by atoms with E-state index in [1.807, 2.05) is 11.4 Å². The molecule has 1 aromatic heterocycles. The van der Waals surface area contributed by atoms with Gasteiger partial charge in [-0.1, -0.05) is 12.1 Å². The number of benzene rings is 1. The maximum Gasteiger partial charge on any atom is 0.313 e. The number of para-hydroxylation sites is 1.